The van der Waals surface area contributed by atoms with E-state index in [9.17, 15) is 35.8 Å². The van der Waals surface area contributed by atoms with Gasteiger partial charge < -0.3 is 19.1 Å². The number of aliphatic carboxylic acids is 1. The molecule has 8 aromatic rings. The maximum Gasteiger partial charge on any atom is 0.303 e. The number of pyridine rings is 6. The number of anilines is 1. The molecule has 0 amide bonds. The number of carboxylic acids is 1. The molecule has 0 atom stereocenters. The smallest absolute Gasteiger partial charge is 0.303 e. The first-order chi connectivity index (χ1) is 39.3. The number of aromatic nitrogens is 6. The quantitative estimate of drug-likeness (QED) is 0.0293. The van der Waals surface area contributed by atoms with Gasteiger partial charge in [-0.25, -0.2) is 26.8 Å². The SMILES string of the molecule is CC1(C)C(/C=C/C=C2/N(CCCCC(=O)O)c3ccc(S(=O)(=O)[O-])cc3C2(C)C)=[N+](CCCCC#Cc2ccnc(-c3ccccn3)c2)c2ccc(S(=O)(=O)[O-])cc21.[Ru].c1ccc(-c2cccc(-c3cccc(-c4ccccn4)n3)n2)nc1. The van der Waals surface area contributed by atoms with Gasteiger partial charge in [0.25, 0.3) is 0 Å². The molecule has 2 aliphatic heterocycles. The Hall–Kier alpha value is -8.24. The second-order valence-electron chi connectivity index (χ2n) is 20.6. The summed E-state index contributed by atoms with van der Waals surface area (Å²) in [5, 5.41) is 9.20. The fraction of sp³-hybridized carbons (Fsp3) is 0.219. The summed E-state index contributed by atoms with van der Waals surface area (Å²) in [6.45, 7) is 8.91. The molecule has 1 N–H and O–H groups in total. The van der Waals surface area contributed by atoms with Crippen LogP contribution in [0, 0.1) is 11.8 Å². The van der Waals surface area contributed by atoms with Gasteiger partial charge in [-0.3, -0.25) is 24.7 Å². The third kappa shape index (κ3) is 14.5. The molecule has 0 bridgehead atoms. The number of hydrogen-bond acceptors (Lipinski definition) is 14. The molecule has 0 spiro atoms. The Morgan fingerprint density at radius 3 is 1.69 bits per heavy atom. The Bertz CT molecular complexity index is 3980. The summed E-state index contributed by atoms with van der Waals surface area (Å²) in [6.07, 6.45) is 16.0. The molecule has 2 aliphatic rings. The average Bonchev–Trinajstić information content (AvgIpc) is 3.96. The normalized spacial score (nSPS) is 14.5. The first-order valence-corrected chi connectivity index (χ1v) is 29.5. The van der Waals surface area contributed by atoms with Gasteiger partial charge >= 0.3 is 5.97 Å². The zero-order valence-corrected chi connectivity index (χ0v) is 49.4. The fourth-order valence-electron chi connectivity index (χ4n) is 10.2. The predicted octanol–water partition coefficient (Wildman–Crippen LogP) is 11.3. The molecule has 8 heterocycles. The molecule has 16 nitrogen and oxygen atoms in total. The Balaban J connectivity index is 0.000000298. The van der Waals surface area contributed by atoms with Crippen LogP contribution in [0.3, 0.4) is 0 Å². The van der Waals surface area contributed by atoms with Gasteiger partial charge in [0.05, 0.1) is 60.8 Å². The van der Waals surface area contributed by atoms with Gasteiger partial charge in [0.2, 0.25) is 5.69 Å². The van der Waals surface area contributed by atoms with E-state index in [0.29, 0.717) is 43.5 Å². The standard InChI is InChI=1S/C44H46N4O8S2.C20H14N4.Ru/c1-43(2)34-29-32(57(51,52)53)19-21-38(34)47(26-11-6-5-7-14-31-23-25-46-37(28-31)36-15-8-10-24-45-36)40(43)16-13-17-41-44(3,4)35-30-33(58(54,55)56)20-22-39(35)48(41)27-12-9-18-42(49)50;1-3-13-21-15(7-1)17-9-5-11-19(23-17)20-12-6-10-18(24-20)16-8-2-4-14-22-16;/h8,10,13,15-17,19-25,28-30H,5-6,9,11-12,18,26-27H2,1-4H3,(H2-,49,50,51,52,53,54,55,56);1-14H;/p-1. The number of rotatable bonds is 17. The van der Waals surface area contributed by atoms with Crippen LogP contribution in [0.1, 0.15) is 82.9 Å². The minimum Gasteiger partial charge on any atom is -0.744 e. The summed E-state index contributed by atoms with van der Waals surface area (Å²) >= 11 is 0. The van der Waals surface area contributed by atoms with Crippen molar-refractivity contribution in [3.63, 3.8) is 0 Å². The summed E-state index contributed by atoms with van der Waals surface area (Å²) in [6, 6.07) is 41.6. The van der Waals surface area contributed by atoms with Crippen molar-refractivity contribution in [1.82, 2.24) is 29.9 Å². The predicted molar refractivity (Wildman–Crippen MR) is 313 cm³/mol. The third-order valence-electron chi connectivity index (χ3n) is 14.3. The van der Waals surface area contributed by atoms with E-state index in [1.807, 2.05) is 154 Å². The first-order valence-electron chi connectivity index (χ1n) is 26.7. The Morgan fingerprint density at radius 1 is 0.602 bits per heavy atom. The van der Waals surface area contributed by atoms with E-state index in [1.54, 1.807) is 36.9 Å². The third-order valence-corrected chi connectivity index (χ3v) is 16.0. The number of nitrogens with zero attached hydrogens (tertiary/aromatic N) is 8. The van der Waals surface area contributed by atoms with Crippen molar-refractivity contribution in [1.29, 1.82) is 0 Å². The van der Waals surface area contributed by atoms with Crippen molar-refractivity contribution in [3.05, 3.63) is 205 Å². The topological polar surface area (TPSA) is 235 Å². The number of hydrogen-bond donors (Lipinski definition) is 1. The van der Waals surface area contributed by atoms with Gasteiger partial charge in [0, 0.05) is 110 Å². The number of unbranched alkanes of at least 4 members (excludes halogenated alkanes) is 3. The molecule has 19 heteroatoms. The number of fused-ring (bicyclic) bond motifs is 2. The van der Waals surface area contributed by atoms with Gasteiger partial charge in [0.1, 0.15) is 26.8 Å². The van der Waals surface area contributed by atoms with Crippen molar-refractivity contribution in [2.24, 2.45) is 0 Å². The van der Waals surface area contributed by atoms with Crippen molar-refractivity contribution in [2.75, 3.05) is 18.0 Å². The van der Waals surface area contributed by atoms with Crippen LogP contribution in [0.2, 0.25) is 0 Å². The van der Waals surface area contributed by atoms with Crippen LogP contribution >= 0.6 is 0 Å². The van der Waals surface area contributed by atoms with Gasteiger partial charge in [-0.1, -0.05) is 62.1 Å². The molecular formula is C64H59N8O8RuS2-. The maximum atomic E-state index is 12.1. The van der Waals surface area contributed by atoms with E-state index in [4.69, 9.17) is 9.97 Å². The largest absolute Gasteiger partial charge is 0.744 e. The molecule has 0 aliphatic carbocycles. The zero-order valence-electron chi connectivity index (χ0n) is 46.0. The first kappa shape index (κ1) is 60.8. The molecule has 0 saturated heterocycles. The van der Waals surface area contributed by atoms with Crippen molar-refractivity contribution < 1.29 is 59.9 Å². The molecule has 0 saturated carbocycles. The van der Waals surface area contributed by atoms with Crippen LogP contribution in [0.5, 0.6) is 0 Å². The molecule has 424 valence electrons. The molecule has 6 aromatic heterocycles. The summed E-state index contributed by atoms with van der Waals surface area (Å²) in [7, 11) is -9.41. The number of allylic oxidation sites excluding steroid dienone is 4. The zero-order chi connectivity index (χ0) is 58.1. The van der Waals surface area contributed by atoms with Crippen LogP contribution < -0.4 is 4.90 Å². The van der Waals surface area contributed by atoms with Crippen LogP contribution in [-0.4, -0.2) is 90.3 Å². The van der Waals surface area contributed by atoms with Crippen molar-refractivity contribution >= 4 is 43.3 Å². The summed E-state index contributed by atoms with van der Waals surface area (Å²) < 4.78 is 74.3. The minimum atomic E-state index is -4.71. The summed E-state index contributed by atoms with van der Waals surface area (Å²) in [4.78, 5) is 39.5. The van der Waals surface area contributed by atoms with Crippen LogP contribution in [0.15, 0.2) is 198 Å². The molecule has 10 rings (SSSR count). The molecule has 0 fully saturated rings. The van der Waals surface area contributed by atoms with Crippen LogP contribution in [-0.2, 0) is 55.3 Å². The van der Waals surface area contributed by atoms with Crippen LogP contribution in [0.4, 0.5) is 11.4 Å². The molecular weight excluding hydrogens is 1170 g/mol. The number of carbonyl (C=O) groups is 1. The molecule has 0 radical (unpaired) electrons. The Labute approximate surface area is 497 Å². The van der Waals surface area contributed by atoms with Gasteiger partial charge in [-0.2, -0.15) is 4.58 Å². The van der Waals surface area contributed by atoms with E-state index in [-0.39, 0.29) is 35.7 Å². The van der Waals surface area contributed by atoms with Crippen LogP contribution in [0.25, 0.3) is 45.6 Å². The molecule has 83 heavy (non-hydrogen) atoms. The second-order valence-corrected chi connectivity index (χ2v) is 23.4. The van der Waals surface area contributed by atoms with E-state index >= 15 is 0 Å². The Morgan fingerprint density at radius 2 is 1.13 bits per heavy atom. The second kappa shape index (κ2) is 26.3. The summed E-state index contributed by atoms with van der Waals surface area (Å²) in [5.74, 6) is 5.61. The Kier molecular flexibility index (Phi) is 19.3. The van der Waals surface area contributed by atoms with E-state index < -0.39 is 37.0 Å². The number of carboxylic acid groups (broad SMARTS) is 1. The van der Waals surface area contributed by atoms with Crippen molar-refractivity contribution in [3.8, 4) is 57.4 Å². The fourth-order valence-corrected chi connectivity index (χ4v) is 11.2. The van der Waals surface area contributed by atoms with Gasteiger partial charge in [0.15, 0.2) is 5.71 Å². The van der Waals surface area contributed by atoms with E-state index in [1.165, 1.54) is 24.3 Å². The average molecular weight is 1230 g/mol. The summed E-state index contributed by atoms with van der Waals surface area (Å²) in [5.41, 5.74) is 10.5. The maximum absolute atomic E-state index is 12.1. The van der Waals surface area contributed by atoms with E-state index in [2.05, 4.69) is 36.4 Å². The molecule has 2 aromatic carbocycles. The van der Waals surface area contributed by atoms with Crippen molar-refractivity contribution in [2.45, 2.75) is 86.8 Å². The molecule has 0 unspecified atom stereocenters. The van der Waals surface area contributed by atoms with E-state index in [0.717, 1.165) is 86.7 Å². The van der Waals surface area contributed by atoms with Gasteiger partial charge in [-0.05, 0) is 148 Å². The minimum absolute atomic E-state index is 0. The number of benzene rings is 2. The van der Waals surface area contributed by atoms with Gasteiger partial charge in [-0.15, -0.1) is 0 Å². The monoisotopic (exact) mass is 1230 g/mol.